The van der Waals surface area contributed by atoms with E-state index in [1.54, 1.807) is 18.9 Å². The molecule has 2 amide bonds. The van der Waals surface area contributed by atoms with Gasteiger partial charge in [0.15, 0.2) is 0 Å². The molecule has 1 atom stereocenters. The number of benzene rings is 1. The third kappa shape index (κ3) is 6.48. The predicted molar refractivity (Wildman–Crippen MR) is 102 cm³/mol. The Hall–Kier alpha value is -1.91. The maximum Gasteiger partial charge on any atom is 0.238 e. The second-order valence-electron chi connectivity index (χ2n) is 6.70. The number of rotatable bonds is 7. The predicted octanol–water partition coefficient (Wildman–Crippen LogP) is 2.68. The summed E-state index contributed by atoms with van der Waals surface area (Å²) in [4.78, 5) is 25.9. The molecule has 0 radical (unpaired) electrons. The zero-order valence-electron chi connectivity index (χ0n) is 15.3. The monoisotopic (exact) mass is 408 g/mol. The summed E-state index contributed by atoms with van der Waals surface area (Å²) >= 11 is 3.38. The maximum atomic E-state index is 12.1. The van der Waals surface area contributed by atoms with Gasteiger partial charge in [0.25, 0.3) is 0 Å². The highest BCUT2D eigenvalue weighted by Crippen LogP contribution is 2.20. The largest absolute Gasteiger partial charge is 0.337 e. The Kier molecular flexibility index (Phi) is 7.59. The highest BCUT2D eigenvalue weighted by atomic mass is 79.9. The number of hydrogen-bond acceptors (Lipinski definition) is 4. The van der Waals surface area contributed by atoms with E-state index in [4.69, 9.17) is 0 Å². The highest BCUT2D eigenvalue weighted by Gasteiger charge is 2.30. The van der Waals surface area contributed by atoms with Crippen molar-refractivity contribution in [3.63, 3.8) is 0 Å². The minimum Gasteiger partial charge on any atom is -0.337 e. The summed E-state index contributed by atoms with van der Waals surface area (Å²) in [5.41, 5.74) is 0.766. The molecule has 1 aromatic rings. The summed E-state index contributed by atoms with van der Waals surface area (Å²) in [6, 6.07) is 7.73. The van der Waals surface area contributed by atoms with E-state index >= 15 is 0 Å². The first-order chi connectivity index (χ1) is 11.6. The molecule has 25 heavy (non-hydrogen) atoms. The van der Waals surface area contributed by atoms with Gasteiger partial charge in [-0.2, -0.15) is 5.26 Å². The molecule has 136 valence electrons. The van der Waals surface area contributed by atoms with Crippen molar-refractivity contribution in [3.8, 4) is 6.07 Å². The Balaban J connectivity index is 2.55. The lowest BCUT2D eigenvalue weighted by atomic mass is 9.90. The van der Waals surface area contributed by atoms with E-state index < -0.39 is 5.54 Å². The van der Waals surface area contributed by atoms with Crippen LogP contribution in [0.1, 0.15) is 26.3 Å². The fourth-order valence-corrected chi connectivity index (χ4v) is 2.61. The van der Waals surface area contributed by atoms with Crippen LogP contribution in [0.25, 0.3) is 0 Å². The van der Waals surface area contributed by atoms with Crippen molar-refractivity contribution in [1.82, 2.24) is 10.2 Å². The van der Waals surface area contributed by atoms with Crippen molar-refractivity contribution in [2.24, 2.45) is 5.92 Å². The standard InChI is InChI=1S/C18H25BrN4O2/c1-12(2)18(4,11-20)22-17(25)10-23(5)9-16(24)21-15-7-6-14(19)8-13(15)3/h6-8,12H,9-10H2,1-5H3,(H,21,24)(H,22,25)/t18-/m1/s1. The van der Waals surface area contributed by atoms with Crippen LogP contribution >= 0.6 is 15.9 Å². The lowest BCUT2D eigenvalue weighted by molar-refractivity contribution is -0.124. The van der Waals surface area contributed by atoms with Crippen LogP contribution in [0.5, 0.6) is 0 Å². The number of halogens is 1. The number of carbonyl (C=O) groups is 2. The van der Waals surface area contributed by atoms with E-state index in [2.05, 4.69) is 32.6 Å². The molecular weight excluding hydrogens is 384 g/mol. The first kappa shape index (κ1) is 21.1. The number of hydrogen-bond donors (Lipinski definition) is 2. The van der Waals surface area contributed by atoms with E-state index in [0.29, 0.717) is 0 Å². The van der Waals surface area contributed by atoms with Crippen molar-refractivity contribution in [2.75, 3.05) is 25.5 Å². The molecule has 0 saturated carbocycles. The van der Waals surface area contributed by atoms with Crippen molar-refractivity contribution >= 4 is 33.4 Å². The Morgan fingerprint density at radius 2 is 1.92 bits per heavy atom. The van der Waals surface area contributed by atoms with Gasteiger partial charge in [0, 0.05) is 10.2 Å². The second-order valence-corrected chi connectivity index (χ2v) is 7.61. The SMILES string of the molecule is Cc1cc(Br)ccc1NC(=O)CN(C)CC(=O)N[C@](C)(C#N)C(C)C. The van der Waals surface area contributed by atoms with E-state index in [1.165, 1.54) is 0 Å². The molecule has 0 aliphatic carbocycles. The first-order valence-electron chi connectivity index (χ1n) is 8.04. The van der Waals surface area contributed by atoms with E-state index in [1.807, 2.05) is 39.0 Å². The molecule has 2 N–H and O–H groups in total. The number of nitriles is 1. The summed E-state index contributed by atoms with van der Waals surface area (Å²) in [7, 11) is 1.69. The molecule has 0 aliphatic rings. The molecule has 6 nitrogen and oxygen atoms in total. The fourth-order valence-electron chi connectivity index (χ4n) is 2.13. The average molecular weight is 409 g/mol. The minimum atomic E-state index is -0.922. The van der Waals surface area contributed by atoms with Crippen molar-refractivity contribution < 1.29 is 9.59 Å². The van der Waals surface area contributed by atoms with Crippen LogP contribution in [-0.4, -0.2) is 42.4 Å². The highest BCUT2D eigenvalue weighted by molar-refractivity contribution is 9.10. The topological polar surface area (TPSA) is 85.2 Å². The molecule has 7 heteroatoms. The molecule has 0 aliphatic heterocycles. The van der Waals surface area contributed by atoms with Crippen LogP contribution < -0.4 is 10.6 Å². The molecule has 0 spiro atoms. The minimum absolute atomic E-state index is 0.0181. The number of carbonyl (C=O) groups excluding carboxylic acids is 2. The third-order valence-corrected chi connectivity index (χ3v) is 4.57. The van der Waals surface area contributed by atoms with Gasteiger partial charge in [-0.05, 0) is 50.6 Å². The van der Waals surface area contributed by atoms with Crippen LogP contribution in [0.4, 0.5) is 5.69 Å². The maximum absolute atomic E-state index is 12.1. The molecule has 0 heterocycles. The summed E-state index contributed by atoms with van der Waals surface area (Å²) < 4.78 is 0.947. The van der Waals surface area contributed by atoms with Gasteiger partial charge < -0.3 is 10.6 Å². The lowest BCUT2D eigenvalue weighted by Gasteiger charge is -2.28. The molecular formula is C18H25BrN4O2. The number of anilines is 1. The number of nitrogens with one attached hydrogen (secondary N) is 2. The molecule has 0 bridgehead atoms. The smallest absolute Gasteiger partial charge is 0.238 e. The Morgan fingerprint density at radius 3 is 2.44 bits per heavy atom. The van der Waals surface area contributed by atoms with E-state index in [-0.39, 0.29) is 30.8 Å². The van der Waals surface area contributed by atoms with E-state index in [0.717, 1.165) is 15.7 Å². The second kappa shape index (κ2) is 8.97. The van der Waals surface area contributed by atoms with Crippen LogP contribution in [0.3, 0.4) is 0 Å². The van der Waals surface area contributed by atoms with Crippen molar-refractivity contribution in [1.29, 1.82) is 5.26 Å². The average Bonchev–Trinajstić information content (AvgIpc) is 2.49. The van der Waals surface area contributed by atoms with Gasteiger partial charge >= 0.3 is 0 Å². The number of likely N-dealkylation sites (N-methyl/N-ethyl adjacent to an activating group) is 1. The molecule has 0 unspecified atom stereocenters. The molecule has 0 saturated heterocycles. The van der Waals surface area contributed by atoms with Crippen molar-refractivity contribution in [3.05, 3.63) is 28.2 Å². The Morgan fingerprint density at radius 1 is 1.32 bits per heavy atom. The van der Waals surface area contributed by atoms with Gasteiger partial charge in [0.2, 0.25) is 11.8 Å². The summed E-state index contributed by atoms with van der Waals surface area (Å²) in [5, 5.41) is 14.8. The molecule has 1 aromatic carbocycles. The van der Waals surface area contributed by atoms with Crippen LogP contribution in [0.15, 0.2) is 22.7 Å². The number of amides is 2. The van der Waals surface area contributed by atoms with Gasteiger partial charge in [0.1, 0.15) is 5.54 Å². The third-order valence-electron chi connectivity index (χ3n) is 4.08. The van der Waals surface area contributed by atoms with Crippen molar-refractivity contribution in [2.45, 2.75) is 33.2 Å². The molecule has 0 fully saturated rings. The molecule has 1 rings (SSSR count). The fraction of sp³-hybridized carbons (Fsp3) is 0.500. The Bertz CT molecular complexity index is 684. The van der Waals surface area contributed by atoms with E-state index in [9.17, 15) is 14.9 Å². The zero-order valence-corrected chi connectivity index (χ0v) is 16.9. The Labute approximate surface area is 157 Å². The van der Waals surface area contributed by atoms with Gasteiger partial charge in [-0.3, -0.25) is 14.5 Å². The summed E-state index contributed by atoms with van der Waals surface area (Å²) in [6.07, 6.45) is 0. The zero-order chi connectivity index (χ0) is 19.2. The van der Waals surface area contributed by atoms with Gasteiger partial charge in [0.05, 0.1) is 19.2 Å². The first-order valence-corrected chi connectivity index (χ1v) is 8.83. The molecule has 0 aromatic heterocycles. The van der Waals surface area contributed by atoms with Gasteiger partial charge in [-0.25, -0.2) is 0 Å². The summed E-state index contributed by atoms with van der Waals surface area (Å²) in [5.74, 6) is -0.504. The van der Waals surface area contributed by atoms with Crippen LogP contribution in [0.2, 0.25) is 0 Å². The normalized spacial score (nSPS) is 13.2. The number of nitrogens with zero attached hydrogens (tertiary/aromatic N) is 2. The van der Waals surface area contributed by atoms with Gasteiger partial charge in [-0.15, -0.1) is 0 Å². The van der Waals surface area contributed by atoms with Gasteiger partial charge in [-0.1, -0.05) is 29.8 Å². The van der Waals surface area contributed by atoms with Crippen LogP contribution in [-0.2, 0) is 9.59 Å². The summed E-state index contributed by atoms with van der Waals surface area (Å²) in [6.45, 7) is 7.47. The van der Waals surface area contributed by atoms with Crippen LogP contribution in [0, 0.1) is 24.2 Å². The quantitative estimate of drug-likeness (QED) is 0.725. The lowest BCUT2D eigenvalue weighted by Crippen LogP contribution is -2.51. The number of aryl methyl sites for hydroxylation is 1.